The van der Waals surface area contributed by atoms with E-state index in [4.69, 9.17) is 0 Å². The van der Waals surface area contributed by atoms with E-state index in [1.165, 1.54) is 11.8 Å². The van der Waals surface area contributed by atoms with E-state index in [2.05, 4.69) is 34.3 Å². The number of thioether (sulfide) groups is 1. The lowest BCUT2D eigenvalue weighted by atomic mass is 10.2. The summed E-state index contributed by atoms with van der Waals surface area (Å²) in [5, 5.41) is 13.9. The minimum absolute atomic E-state index is 0.152. The molecule has 0 saturated carbocycles. The maximum absolute atomic E-state index is 12.3. The maximum atomic E-state index is 12.3. The van der Waals surface area contributed by atoms with Gasteiger partial charge in [-0.3, -0.25) is 4.79 Å². The van der Waals surface area contributed by atoms with Crippen molar-refractivity contribution in [3.8, 4) is 5.75 Å². The first-order chi connectivity index (χ1) is 13.4. The Morgan fingerprint density at radius 2 is 2.14 bits per heavy atom. The van der Waals surface area contributed by atoms with Crippen molar-refractivity contribution in [3.63, 3.8) is 0 Å². The van der Waals surface area contributed by atoms with Crippen LogP contribution in [0.2, 0.25) is 0 Å². The van der Waals surface area contributed by atoms with Gasteiger partial charge in [-0.1, -0.05) is 0 Å². The Morgan fingerprint density at radius 3 is 2.89 bits per heavy atom. The van der Waals surface area contributed by atoms with E-state index >= 15 is 0 Å². The Morgan fingerprint density at radius 1 is 1.32 bits per heavy atom. The van der Waals surface area contributed by atoms with Crippen LogP contribution in [0, 0.1) is 6.92 Å². The lowest BCUT2D eigenvalue weighted by molar-refractivity contribution is -0.115. The molecule has 6 nitrogen and oxygen atoms in total. The smallest absolute Gasteiger partial charge is 0.264 e. The second-order valence-corrected chi connectivity index (χ2v) is 9.05. The molecule has 1 saturated heterocycles. The summed E-state index contributed by atoms with van der Waals surface area (Å²) in [5.74, 6) is 0.0500. The highest BCUT2D eigenvalue weighted by molar-refractivity contribution is 8.18. The van der Waals surface area contributed by atoms with Crippen LogP contribution in [0.15, 0.2) is 34.3 Å². The first-order valence-electron chi connectivity index (χ1n) is 9.09. The second kappa shape index (κ2) is 9.36. The predicted octanol–water partition coefficient (Wildman–Crippen LogP) is 3.93. The van der Waals surface area contributed by atoms with Crippen LogP contribution in [0.5, 0.6) is 5.75 Å². The van der Waals surface area contributed by atoms with Gasteiger partial charge in [0.15, 0.2) is 5.17 Å². The van der Waals surface area contributed by atoms with E-state index in [1.807, 2.05) is 19.2 Å². The third-order valence-corrected chi connectivity index (χ3v) is 6.06. The number of hydrogen-bond donors (Lipinski definition) is 2. The van der Waals surface area contributed by atoms with Crippen molar-refractivity contribution < 1.29 is 9.90 Å². The van der Waals surface area contributed by atoms with Crippen molar-refractivity contribution in [2.24, 2.45) is 4.99 Å². The van der Waals surface area contributed by atoms with Crippen molar-refractivity contribution >= 4 is 45.9 Å². The number of aromatic hydroxyl groups is 1. The summed E-state index contributed by atoms with van der Waals surface area (Å²) >= 11 is 2.94. The Kier molecular flexibility index (Phi) is 6.88. The Hall–Kier alpha value is -2.16. The zero-order valence-electron chi connectivity index (χ0n) is 16.2. The number of unbranched alkanes of at least 4 members (excludes halogenated alkanes) is 1. The topological polar surface area (TPSA) is 77.8 Å². The van der Waals surface area contributed by atoms with Crippen LogP contribution in [0.25, 0.3) is 6.08 Å². The van der Waals surface area contributed by atoms with Crippen LogP contribution < -0.4 is 5.32 Å². The summed E-state index contributed by atoms with van der Waals surface area (Å²) in [4.78, 5) is 25.0. The molecule has 2 heterocycles. The van der Waals surface area contributed by atoms with Gasteiger partial charge in [0.05, 0.1) is 15.6 Å². The number of aryl methyl sites for hydroxylation is 2. The number of carbonyl (C=O) groups is 1. The molecule has 0 atom stereocenters. The lowest BCUT2D eigenvalue weighted by Crippen LogP contribution is -2.19. The molecular weight excluding hydrogens is 392 g/mol. The van der Waals surface area contributed by atoms with Gasteiger partial charge in [-0.25, -0.2) is 9.98 Å². The largest absolute Gasteiger partial charge is 0.508 e. The number of nitrogens with one attached hydrogen (secondary N) is 1. The number of phenols is 1. The van der Waals surface area contributed by atoms with Crippen molar-refractivity contribution in [2.45, 2.75) is 26.2 Å². The summed E-state index contributed by atoms with van der Waals surface area (Å²) in [6.45, 7) is 2.95. The average Bonchev–Trinajstić information content (AvgIpc) is 3.21. The molecule has 1 amide bonds. The molecule has 1 aliphatic heterocycles. The Balaban J connectivity index is 1.63. The molecule has 0 radical (unpaired) electrons. The van der Waals surface area contributed by atoms with Gasteiger partial charge in [0.1, 0.15) is 5.75 Å². The van der Waals surface area contributed by atoms with E-state index in [1.54, 1.807) is 29.5 Å². The van der Waals surface area contributed by atoms with Gasteiger partial charge in [-0.05, 0) is 88.4 Å². The van der Waals surface area contributed by atoms with E-state index in [9.17, 15) is 9.90 Å². The molecule has 0 unspecified atom stereocenters. The summed E-state index contributed by atoms with van der Waals surface area (Å²) < 4.78 is 0. The highest BCUT2D eigenvalue weighted by Crippen LogP contribution is 2.31. The average molecular weight is 417 g/mol. The highest BCUT2D eigenvalue weighted by atomic mass is 32.2. The van der Waals surface area contributed by atoms with E-state index in [0.29, 0.717) is 10.1 Å². The molecule has 3 rings (SSSR count). The number of nitrogens with zero attached hydrogens (tertiary/aromatic N) is 3. The molecule has 1 aromatic heterocycles. The monoisotopic (exact) mass is 416 g/mol. The SMILES string of the molecule is Cc1cc(O)ccc1N=C1NC(=O)/C(=C/c2cnc(CCCCN(C)C)s2)S1. The zero-order chi connectivity index (χ0) is 20.1. The fourth-order valence-electron chi connectivity index (χ4n) is 2.70. The molecule has 1 aromatic carbocycles. The number of carbonyl (C=O) groups excluding carboxylic acids is 1. The first-order valence-corrected chi connectivity index (χ1v) is 10.7. The van der Waals surface area contributed by atoms with Crippen LogP contribution >= 0.6 is 23.1 Å². The molecule has 28 heavy (non-hydrogen) atoms. The zero-order valence-corrected chi connectivity index (χ0v) is 17.9. The molecule has 2 N–H and O–H groups in total. The first kappa shape index (κ1) is 20.6. The molecule has 0 spiro atoms. The Labute approximate surface area is 173 Å². The second-order valence-electron chi connectivity index (χ2n) is 6.87. The van der Waals surface area contributed by atoms with Crippen molar-refractivity contribution in [2.75, 3.05) is 20.6 Å². The predicted molar refractivity (Wildman–Crippen MR) is 117 cm³/mol. The molecule has 2 aromatic rings. The fourth-order valence-corrected chi connectivity index (χ4v) is 4.50. The molecule has 1 fully saturated rings. The van der Waals surface area contributed by atoms with Gasteiger partial charge in [0.25, 0.3) is 5.91 Å². The number of aliphatic imine (C=N–C) groups is 1. The quantitative estimate of drug-likeness (QED) is 0.528. The van der Waals surface area contributed by atoms with Gasteiger partial charge in [-0.15, -0.1) is 11.3 Å². The number of aromatic nitrogens is 1. The van der Waals surface area contributed by atoms with Gasteiger partial charge >= 0.3 is 0 Å². The van der Waals surface area contributed by atoms with Gasteiger partial charge in [0, 0.05) is 11.1 Å². The minimum Gasteiger partial charge on any atom is -0.508 e. The van der Waals surface area contributed by atoms with Crippen LogP contribution in [-0.2, 0) is 11.2 Å². The number of benzene rings is 1. The van der Waals surface area contributed by atoms with Crippen LogP contribution in [0.3, 0.4) is 0 Å². The van der Waals surface area contributed by atoms with Crippen molar-refractivity contribution in [1.82, 2.24) is 15.2 Å². The molecule has 8 heteroatoms. The fraction of sp³-hybridized carbons (Fsp3) is 0.350. The number of phenolic OH excluding ortho intramolecular Hbond substituents is 1. The summed E-state index contributed by atoms with van der Waals surface area (Å²) in [6.07, 6.45) is 6.92. The number of amides is 1. The van der Waals surface area contributed by atoms with E-state index in [-0.39, 0.29) is 11.7 Å². The molecule has 148 valence electrons. The van der Waals surface area contributed by atoms with E-state index in [0.717, 1.165) is 46.9 Å². The summed E-state index contributed by atoms with van der Waals surface area (Å²) in [5.41, 5.74) is 1.57. The molecule has 1 aliphatic rings. The summed E-state index contributed by atoms with van der Waals surface area (Å²) in [7, 11) is 4.16. The van der Waals surface area contributed by atoms with Crippen molar-refractivity contribution in [1.29, 1.82) is 0 Å². The number of rotatable bonds is 7. The van der Waals surface area contributed by atoms with Crippen LogP contribution in [0.1, 0.15) is 28.3 Å². The number of thiazole rings is 1. The normalized spacial score (nSPS) is 17.1. The third kappa shape index (κ3) is 5.67. The van der Waals surface area contributed by atoms with E-state index < -0.39 is 0 Å². The van der Waals surface area contributed by atoms with Crippen LogP contribution in [-0.4, -0.2) is 46.7 Å². The van der Waals surface area contributed by atoms with Gasteiger partial charge in [-0.2, -0.15) is 0 Å². The van der Waals surface area contributed by atoms with Crippen molar-refractivity contribution in [3.05, 3.63) is 44.7 Å². The number of amidine groups is 1. The highest BCUT2D eigenvalue weighted by Gasteiger charge is 2.24. The lowest BCUT2D eigenvalue weighted by Gasteiger charge is -2.07. The van der Waals surface area contributed by atoms with Gasteiger partial charge < -0.3 is 15.3 Å². The third-order valence-electron chi connectivity index (χ3n) is 4.14. The molecule has 0 bridgehead atoms. The standard InChI is InChI=1S/C20H24N4O2S2/c1-13-10-14(25)7-8-16(13)22-20-23-19(26)17(28-20)11-15-12-21-18(27-15)6-4-5-9-24(2)3/h7-8,10-12,25H,4-6,9H2,1-3H3,(H,22,23,26)/b17-11-. The van der Waals surface area contributed by atoms with Gasteiger partial charge in [0.2, 0.25) is 0 Å². The molecular formula is C20H24N4O2S2. The Bertz CT molecular complexity index is 919. The maximum Gasteiger partial charge on any atom is 0.264 e. The molecule has 0 aliphatic carbocycles. The summed E-state index contributed by atoms with van der Waals surface area (Å²) in [6, 6.07) is 4.97. The minimum atomic E-state index is -0.152. The van der Waals surface area contributed by atoms with Crippen LogP contribution in [0.4, 0.5) is 5.69 Å². The number of hydrogen-bond acceptors (Lipinski definition) is 7.